The highest BCUT2D eigenvalue weighted by Gasteiger charge is 2.01. The summed E-state index contributed by atoms with van der Waals surface area (Å²) in [6, 6.07) is 14.7. The van der Waals surface area contributed by atoms with E-state index in [1.54, 1.807) is 0 Å². The number of aryl methyl sites for hydroxylation is 2. The molecule has 0 fully saturated rings. The number of anilines is 1. The third-order valence-corrected chi connectivity index (χ3v) is 3.18. The van der Waals surface area contributed by atoms with Crippen molar-refractivity contribution in [2.24, 2.45) is 5.73 Å². The van der Waals surface area contributed by atoms with Crippen LogP contribution in [-0.2, 0) is 13.1 Å². The molecule has 3 N–H and O–H groups in total. The van der Waals surface area contributed by atoms with E-state index >= 15 is 0 Å². The normalized spacial score (nSPS) is 10.4. The summed E-state index contributed by atoms with van der Waals surface area (Å²) in [7, 11) is 0. The maximum absolute atomic E-state index is 5.65. The van der Waals surface area contributed by atoms with Gasteiger partial charge in [-0.05, 0) is 36.1 Å². The molecule has 0 atom stereocenters. The summed E-state index contributed by atoms with van der Waals surface area (Å²) in [5, 5.41) is 3.51. The zero-order chi connectivity index (χ0) is 13.0. The van der Waals surface area contributed by atoms with Crippen LogP contribution in [0.3, 0.4) is 0 Å². The summed E-state index contributed by atoms with van der Waals surface area (Å²) < 4.78 is 0. The average Bonchev–Trinajstić information content (AvgIpc) is 2.38. The van der Waals surface area contributed by atoms with Crippen LogP contribution in [0.4, 0.5) is 5.69 Å². The van der Waals surface area contributed by atoms with Crippen molar-refractivity contribution in [2.75, 3.05) is 5.32 Å². The van der Waals surface area contributed by atoms with Crippen LogP contribution in [0.5, 0.6) is 0 Å². The molecular formula is C16H20N2. The molecule has 18 heavy (non-hydrogen) atoms. The minimum atomic E-state index is 0.594. The van der Waals surface area contributed by atoms with Crippen LogP contribution in [0.15, 0.2) is 42.5 Å². The lowest BCUT2D eigenvalue weighted by atomic mass is 10.1. The van der Waals surface area contributed by atoms with Crippen molar-refractivity contribution in [1.29, 1.82) is 0 Å². The molecule has 2 aromatic carbocycles. The fourth-order valence-corrected chi connectivity index (χ4v) is 2.15. The number of nitrogens with two attached hydrogens (primary N) is 1. The standard InChI is InChI=1S/C16H20N2/c1-12-5-3-6-13(2)16(12)18-11-15-8-4-7-14(9-15)10-17/h3-9,18H,10-11,17H2,1-2H3. The van der Waals surface area contributed by atoms with E-state index in [1.807, 2.05) is 0 Å². The van der Waals surface area contributed by atoms with Crippen molar-refractivity contribution in [1.82, 2.24) is 0 Å². The highest BCUT2D eigenvalue weighted by Crippen LogP contribution is 2.20. The molecule has 0 aromatic heterocycles. The molecule has 0 aliphatic carbocycles. The largest absolute Gasteiger partial charge is 0.381 e. The van der Waals surface area contributed by atoms with Crippen molar-refractivity contribution in [3.8, 4) is 0 Å². The summed E-state index contributed by atoms with van der Waals surface area (Å²) in [5.41, 5.74) is 11.9. The van der Waals surface area contributed by atoms with Crippen molar-refractivity contribution in [2.45, 2.75) is 26.9 Å². The molecule has 0 heterocycles. The van der Waals surface area contributed by atoms with Gasteiger partial charge in [-0.1, -0.05) is 42.5 Å². The van der Waals surface area contributed by atoms with Crippen LogP contribution in [0.2, 0.25) is 0 Å². The number of benzene rings is 2. The van der Waals surface area contributed by atoms with Gasteiger partial charge in [0.05, 0.1) is 0 Å². The lowest BCUT2D eigenvalue weighted by Gasteiger charge is -2.13. The van der Waals surface area contributed by atoms with Gasteiger partial charge in [0.2, 0.25) is 0 Å². The first kappa shape index (κ1) is 12.7. The monoisotopic (exact) mass is 240 g/mol. The molecular weight excluding hydrogens is 220 g/mol. The van der Waals surface area contributed by atoms with Crippen LogP contribution < -0.4 is 11.1 Å². The number of hydrogen-bond acceptors (Lipinski definition) is 2. The molecule has 0 saturated heterocycles. The summed E-state index contributed by atoms with van der Waals surface area (Å²) in [4.78, 5) is 0. The zero-order valence-electron chi connectivity index (χ0n) is 11.0. The second-order valence-corrected chi connectivity index (χ2v) is 4.64. The van der Waals surface area contributed by atoms with Crippen molar-refractivity contribution >= 4 is 5.69 Å². The molecule has 2 nitrogen and oxygen atoms in total. The van der Waals surface area contributed by atoms with Crippen LogP contribution in [0, 0.1) is 13.8 Å². The predicted octanol–water partition coefficient (Wildman–Crippen LogP) is 3.37. The molecule has 0 amide bonds. The van der Waals surface area contributed by atoms with E-state index in [1.165, 1.54) is 27.9 Å². The Hall–Kier alpha value is -1.80. The number of rotatable bonds is 4. The fourth-order valence-electron chi connectivity index (χ4n) is 2.15. The van der Waals surface area contributed by atoms with E-state index in [-0.39, 0.29) is 0 Å². The first-order valence-corrected chi connectivity index (χ1v) is 6.28. The minimum Gasteiger partial charge on any atom is -0.381 e. The fraction of sp³-hybridized carbons (Fsp3) is 0.250. The lowest BCUT2D eigenvalue weighted by molar-refractivity contribution is 1.05. The van der Waals surface area contributed by atoms with Gasteiger partial charge < -0.3 is 11.1 Å². The second kappa shape index (κ2) is 5.69. The van der Waals surface area contributed by atoms with Gasteiger partial charge in [-0.3, -0.25) is 0 Å². The van der Waals surface area contributed by atoms with Crippen molar-refractivity contribution in [3.63, 3.8) is 0 Å². The maximum atomic E-state index is 5.65. The summed E-state index contributed by atoms with van der Waals surface area (Å²) >= 11 is 0. The topological polar surface area (TPSA) is 38.0 Å². The van der Waals surface area contributed by atoms with E-state index in [0.717, 1.165) is 6.54 Å². The molecule has 0 unspecified atom stereocenters. The van der Waals surface area contributed by atoms with E-state index < -0.39 is 0 Å². The Bertz CT molecular complexity index is 512. The van der Waals surface area contributed by atoms with Crippen molar-refractivity contribution < 1.29 is 0 Å². The van der Waals surface area contributed by atoms with E-state index in [0.29, 0.717) is 6.54 Å². The maximum Gasteiger partial charge on any atom is 0.0402 e. The first-order chi connectivity index (χ1) is 8.70. The molecule has 0 aliphatic heterocycles. The smallest absolute Gasteiger partial charge is 0.0402 e. The summed E-state index contributed by atoms with van der Waals surface area (Å²) in [6.45, 7) is 5.69. The SMILES string of the molecule is Cc1cccc(C)c1NCc1cccc(CN)c1. The predicted molar refractivity (Wildman–Crippen MR) is 77.6 cm³/mol. The van der Waals surface area contributed by atoms with Crippen LogP contribution in [0.25, 0.3) is 0 Å². The Kier molecular flexibility index (Phi) is 4.00. The van der Waals surface area contributed by atoms with Gasteiger partial charge in [0.15, 0.2) is 0 Å². The molecule has 0 spiro atoms. The van der Waals surface area contributed by atoms with Crippen LogP contribution >= 0.6 is 0 Å². The van der Waals surface area contributed by atoms with E-state index in [2.05, 4.69) is 61.6 Å². The Morgan fingerprint density at radius 2 is 1.56 bits per heavy atom. The average molecular weight is 240 g/mol. The van der Waals surface area contributed by atoms with E-state index in [4.69, 9.17) is 5.73 Å². The molecule has 2 heteroatoms. The molecule has 2 aromatic rings. The molecule has 0 aliphatic rings. The Labute approximate surface area is 109 Å². The Morgan fingerprint density at radius 1 is 0.944 bits per heavy atom. The first-order valence-electron chi connectivity index (χ1n) is 6.28. The number of nitrogens with one attached hydrogen (secondary N) is 1. The van der Waals surface area contributed by atoms with Gasteiger partial charge in [-0.25, -0.2) is 0 Å². The van der Waals surface area contributed by atoms with Crippen molar-refractivity contribution in [3.05, 3.63) is 64.7 Å². The Balaban J connectivity index is 2.11. The minimum absolute atomic E-state index is 0.594. The second-order valence-electron chi connectivity index (χ2n) is 4.64. The van der Waals surface area contributed by atoms with E-state index in [9.17, 15) is 0 Å². The van der Waals surface area contributed by atoms with Gasteiger partial charge >= 0.3 is 0 Å². The third-order valence-electron chi connectivity index (χ3n) is 3.18. The molecule has 0 radical (unpaired) electrons. The highest BCUT2D eigenvalue weighted by atomic mass is 14.9. The van der Waals surface area contributed by atoms with Gasteiger partial charge in [0, 0.05) is 18.8 Å². The third kappa shape index (κ3) is 2.90. The molecule has 2 rings (SSSR count). The zero-order valence-corrected chi connectivity index (χ0v) is 11.0. The quantitative estimate of drug-likeness (QED) is 0.860. The van der Waals surface area contributed by atoms with Gasteiger partial charge in [-0.2, -0.15) is 0 Å². The van der Waals surface area contributed by atoms with Crippen LogP contribution in [-0.4, -0.2) is 0 Å². The number of hydrogen-bond donors (Lipinski definition) is 2. The van der Waals surface area contributed by atoms with Gasteiger partial charge in [-0.15, -0.1) is 0 Å². The highest BCUT2D eigenvalue weighted by molar-refractivity contribution is 5.56. The molecule has 0 bridgehead atoms. The summed E-state index contributed by atoms with van der Waals surface area (Å²) in [6.07, 6.45) is 0. The Morgan fingerprint density at radius 3 is 2.22 bits per heavy atom. The number of para-hydroxylation sites is 1. The summed E-state index contributed by atoms with van der Waals surface area (Å²) in [5.74, 6) is 0. The molecule has 0 saturated carbocycles. The van der Waals surface area contributed by atoms with Crippen LogP contribution in [0.1, 0.15) is 22.3 Å². The van der Waals surface area contributed by atoms with Gasteiger partial charge in [0.1, 0.15) is 0 Å². The van der Waals surface area contributed by atoms with Gasteiger partial charge in [0.25, 0.3) is 0 Å². The lowest BCUT2D eigenvalue weighted by Crippen LogP contribution is -2.04. The molecule has 94 valence electrons.